The van der Waals surface area contributed by atoms with E-state index in [1.165, 1.54) is 6.08 Å². The molecule has 0 fully saturated rings. The van der Waals surface area contributed by atoms with Crippen molar-refractivity contribution >= 4 is 33.8 Å². The Hall–Kier alpha value is -2.40. The topological polar surface area (TPSA) is 72.2 Å². The molecule has 0 aliphatic rings. The van der Waals surface area contributed by atoms with Crippen LogP contribution in [0.1, 0.15) is 15.9 Å². The van der Waals surface area contributed by atoms with E-state index < -0.39 is 11.8 Å². The lowest BCUT2D eigenvalue weighted by Crippen LogP contribution is -2.31. The summed E-state index contributed by atoms with van der Waals surface area (Å²) in [5, 5.41) is 2.54. The predicted octanol–water partition coefficient (Wildman–Crippen LogP) is 2.71. The summed E-state index contributed by atoms with van der Waals surface area (Å²) in [6, 6.07) is 16.1. The fourth-order valence-electron chi connectivity index (χ4n) is 1.72. The highest BCUT2D eigenvalue weighted by atomic mass is 79.9. The molecule has 0 aromatic heterocycles. The number of rotatable bonds is 4. The van der Waals surface area contributed by atoms with Gasteiger partial charge in [-0.2, -0.15) is 0 Å². The molecule has 106 valence electrons. The number of nitrogens with one attached hydrogen (secondary N) is 1. The highest BCUT2D eigenvalue weighted by Crippen LogP contribution is 2.16. The average Bonchev–Trinajstić information content (AvgIpc) is 2.48. The summed E-state index contributed by atoms with van der Waals surface area (Å²) in [7, 11) is 0. The molecule has 0 aliphatic carbocycles. The van der Waals surface area contributed by atoms with Gasteiger partial charge in [0.2, 0.25) is 0 Å². The maximum absolute atomic E-state index is 12.2. The Labute approximate surface area is 130 Å². The Kier molecular flexibility index (Phi) is 4.90. The first-order chi connectivity index (χ1) is 10.1. The molecule has 21 heavy (non-hydrogen) atoms. The number of nitrogens with two attached hydrogens (primary N) is 1. The summed E-state index contributed by atoms with van der Waals surface area (Å²) >= 11 is 3.29. The van der Waals surface area contributed by atoms with Crippen LogP contribution < -0.4 is 11.1 Å². The van der Waals surface area contributed by atoms with Crippen LogP contribution in [-0.2, 0) is 4.79 Å². The Morgan fingerprint density at radius 1 is 1.00 bits per heavy atom. The molecule has 2 aromatic rings. The van der Waals surface area contributed by atoms with Gasteiger partial charge in [0.1, 0.15) is 5.70 Å². The molecule has 0 saturated carbocycles. The molecule has 2 rings (SSSR count). The van der Waals surface area contributed by atoms with Crippen molar-refractivity contribution in [3.05, 3.63) is 75.9 Å². The van der Waals surface area contributed by atoms with Crippen LogP contribution in [0.15, 0.2) is 64.8 Å². The van der Waals surface area contributed by atoms with E-state index in [0.29, 0.717) is 10.0 Å². The van der Waals surface area contributed by atoms with Crippen LogP contribution in [-0.4, -0.2) is 11.8 Å². The van der Waals surface area contributed by atoms with Crippen LogP contribution in [0.25, 0.3) is 6.08 Å². The molecule has 0 spiro atoms. The summed E-state index contributed by atoms with van der Waals surface area (Å²) in [5.74, 6) is -1.09. The van der Waals surface area contributed by atoms with Crippen molar-refractivity contribution in [1.29, 1.82) is 0 Å². The minimum Gasteiger partial charge on any atom is -0.364 e. The van der Waals surface area contributed by atoms with Gasteiger partial charge in [-0.15, -0.1) is 0 Å². The van der Waals surface area contributed by atoms with Gasteiger partial charge in [-0.25, -0.2) is 0 Å². The van der Waals surface area contributed by atoms with Crippen LogP contribution in [0.4, 0.5) is 0 Å². The van der Waals surface area contributed by atoms with Crippen molar-refractivity contribution in [1.82, 2.24) is 5.32 Å². The SMILES string of the molecule is NC(=O)/C(=C\c1ccccc1)NC(=O)c1ccccc1Br. The van der Waals surface area contributed by atoms with Gasteiger partial charge in [-0.05, 0) is 39.7 Å². The Balaban J connectivity index is 2.26. The maximum Gasteiger partial charge on any atom is 0.265 e. The molecule has 2 amide bonds. The minimum atomic E-state index is -0.695. The monoisotopic (exact) mass is 344 g/mol. The Morgan fingerprint density at radius 2 is 1.62 bits per heavy atom. The Morgan fingerprint density at radius 3 is 2.24 bits per heavy atom. The third-order valence-corrected chi connectivity index (χ3v) is 3.43. The largest absolute Gasteiger partial charge is 0.364 e. The molecule has 3 N–H and O–H groups in total. The first kappa shape index (κ1) is 15.0. The fourth-order valence-corrected chi connectivity index (χ4v) is 2.18. The van der Waals surface area contributed by atoms with E-state index in [2.05, 4.69) is 21.2 Å². The third-order valence-electron chi connectivity index (χ3n) is 2.74. The molecule has 0 bridgehead atoms. The number of primary amides is 1. The van der Waals surface area contributed by atoms with Crippen molar-refractivity contribution in [2.24, 2.45) is 5.73 Å². The van der Waals surface area contributed by atoms with E-state index in [4.69, 9.17) is 5.73 Å². The number of hydrogen-bond donors (Lipinski definition) is 2. The second-order valence-corrected chi connectivity index (χ2v) is 5.12. The predicted molar refractivity (Wildman–Crippen MR) is 85.2 cm³/mol. The molecule has 0 heterocycles. The number of amides is 2. The normalized spacial score (nSPS) is 11.0. The quantitative estimate of drug-likeness (QED) is 0.837. The molecule has 2 aromatic carbocycles. The van der Waals surface area contributed by atoms with E-state index in [1.54, 1.807) is 24.3 Å². The van der Waals surface area contributed by atoms with Crippen molar-refractivity contribution in [2.45, 2.75) is 0 Å². The highest BCUT2D eigenvalue weighted by molar-refractivity contribution is 9.10. The zero-order chi connectivity index (χ0) is 15.2. The molecule has 0 radical (unpaired) electrons. The first-order valence-corrected chi connectivity index (χ1v) is 6.99. The van der Waals surface area contributed by atoms with Crippen LogP contribution in [0, 0.1) is 0 Å². The first-order valence-electron chi connectivity index (χ1n) is 6.20. The van der Waals surface area contributed by atoms with E-state index in [1.807, 2.05) is 30.3 Å². The van der Waals surface area contributed by atoms with E-state index in [-0.39, 0.29) is 5.70 Å². The molecule has 0 aliphatic heterocycles. The average molecular weight is 345 g/mol. The molecule has 0 atom stereocenters. The standard InChI is InChI=1S/C16H13BrN2O2/c17-13-9-5-4-8-12(13)16(21)19-14(15(18)20)10-11-6-2-1-3-7-11/h1-10H,(H2,18,20)(H,19,21)/b14-10+. The van der Waals surface area contributed by atoms with E-state index >= 15 is 0 Å². The van der Waals surface area contributed by atoms with Gasteiger partial charge in [-0.1, -0.05) is 42.5 Å². The van der Waals surface area contributed by atoms with Crippen molar-refractivity contribution < 1.29 is 9.59 Å². The summed E-state index contributed by atoms with van der Waals surface area (Å²) < 4.78 is 0.644. The molecule has 0 saturated heterocycles. The summed E-state index contributed by atoms with van der Waals surface area (Å²) in [5.41, 5.74) is 6.56. The molecule has 0 unspecified atom stereocenters. The molecular formula is C16H13BrN2O2. The second kappa shape index (κ2) is 6.85. The Bertz CT molecular complexity index is 696. The minimum absolute atomic E-state index is 0.0435. The molecular weight excluding hydrogens is 332 g/mol. The zero-order valence-corrected chi connectivity index (χ0v) is 12.6. The summed E-state index contributed by atoms with van der Waals surface area (Å²) in [6.45, 7) is 0. The highest BCUT2D eigenvalue weighted by Gasteiger charge is 2.13. The van der Waals surface area contributed by atoms with Gasteiger partial charge in [0.05, 0.1) is 5.56 Å². The fraction of sp³-hybridized carbons (Fsp3) is 0. The summed E-state index contributed by atoms with van der Waals surface area (Å²) in [6.07, 6.45) is 1.54. The number of carbonyl (C=O) groups is 2. The maximum atomic E-state index is 12.2. The number of halogens is 1. The van der Waals surface area contributed by atoms with Gasteiger partial charge < -0.3 is 11.1 Å². The lowest BCUT2D eigenvalue weighted by molar-refractivity contribution is -0.114. The number of carbonyl (C=O) groups excluding carboxylic acids is 2. The van der Waals surface area contributed by atoms with Crippen LogP contribution in [0.5, 0.6) is 0 Å². The number of hydrogen-bond acceptors (Lipinski definition) is 2. The van der Waals surface area contributed by atoms with Crippen LogP contribution in [0.2, 0.25) is 0 Å². The van der Waals surface area contributed by atoms with Gasteiger partial charge >= 0.3 is 0 Å². The third kappa shape index (κ3) is 4.03. The van der Waals surface area contributed by atoms with E-state index in [0.717, 1.165) is 5.56 Å². The lowest BCUT2D eigenvalue weighted by Gasteiger charge is -2.08. The van der Waals surface area contributed by atoms with Crippen molar-refractivity contribution in [3.8, 4) is 0 Å². The lowest BCUT2D eigenvalue weighted by atomic mass is 10.1. The van der Waals surface area contributed by atoms with Crippen LogP contribution in [0.3, 0.4) is 0 Å². The summed E-state index contributed by atoms with van der Waals surface area (Å²) in [4.78, 5) is 23.7. The van der Waals surface area contributed by atoms with Gasteiger partial charge in [-0.3, -0.25) is 9.59 Å². The van der Waals surface area contributed by atoms with Crippen molar-refractivity contribution in [2.75, 3.05) is 0 Å². The number of benzene rings is 2. The zero-order valence-electron chi connectivity index (χ0n) is 11.0. The molecule has 5 heteroatoms. The van der Waals surface area contributed by atoms with Crippen LogP contribution >= 0.6 is 15.9 Å². The van der Waals surface area contributed by atoms with Crippen molar-refractivity contribution in [3.63, 3.8) is 0 Å². The smallest absolute Gasteiger partial charge is 0.265 e. The van der Waals surface area contributed by atoms with E-state index in [9.17, 15) is 9.59 Å². The van der Waals surface area contributed by atoms with Gasteiger partial charge in [0.25, 0.3) is 11.8 Å². The second-order valence-electron chi connectivity index (χ2n) is 4.27. The van der Waals surface area contributed by atoms with Gasteiger partial charge in [0.15, 0.2) is 0 Å². The van der Waals surface area contributed by atoms with Gasteiger partial charge in [0, 0.05) is 4.47 Å². The molecule has 4 nitrogen and oxygen atoms in total.